The molecule has 0 aliphatic rings. The number of nitrogens with zero attached hydrogens (tertiary/aromatic N) is 3. The van der Waals surface area contributed by atoms with Crippen LogP contribution < -0.4 is 5.43 Å². The highest BCUT2D eigenvalue weighted by Crippen LogP contribution is 2.23. The molecule has 0 radical (unpaired) electrons. The summed E-state index contributed by atoms with van der Waals surface area (Å²) < 4.78 is 2.19. The number of amides is 1. The summed E-state index contributed by atoms with van der Waals surface area (Å²) in [5.74, 6) is -0.140. The van der Waals surface area contributed by atoms with E-state index in [1.54, 1.807) is 12.4 Å². The van der Waals surface area contributed by atoms with E-state index >= 15 is 0 Å². The van der Waals surface area contributed by atoms with E-state index in [0.717, 1.165) is 49.9 Å². The number of benzene rings is 3. The minimum absolute atomic E-state index is 0.140. The first-order valence-corrected chi connectivity index (χ1v) is 10.9. The SMILES string of the molecule is Cc1cc(/C=N\NC(=O)Cc2cccc3ccccc23)c(C)n1-c1ccc2ncccc2c1. The van der Waals surface area contributed by atoms with Crippen molar-refractivity contribution < 1.29 is 4.79 Å². The van der Waals surface area contributed by atoms with Gasteiger partial charge in [-0.2, -0.15) is 5.10 Å². The monoisotopic (exact) mass is 432 g/mol. The lowest BCUT2D eigenvalue weighted by atomic mass is 10.0. The average Bonchev–Trinajstić information content (AvgIpc) is 3.12. The van der Waals surface area contributed by atoms with Crippen LogP contribution in [0.4, 0.5) is 0 Å². The Balaban J connectivity index is 1.33. The zero-order valence-electron chi connectivity index (χ0n) is 18.6. The molecule has 1 N–H and O–H groups in total. The number of carbonyl (C=O) groups is 1. The Morgan fingerprint density at radius 3 is 2.70 bits per heavy atom. The molecule has 0 spiro atoms. The van der Waals surface area contributed by atoms with E-state index in [9.17, 15) is 4.79 Å². The standard InChI is InChI=1S/C28H24N4O/c1-19-15-24(20(2)32(19)25-12-13-27-23(16-25)10-6-14-29-27)18-30-31-28(33)17-22-9-5-8-21-7-3-4-11-26(21)22/h3-16,18H,17H2,1-2H3,(H,31,33)/b30-18-. The Hall–Kier alpha value is -4.25. The van der Waals surface area contributed by atoms with Gasteiger partial charge in [-0.25, -0.2) is 5.43 Å². The zero-order chi connectivity index (χ0) is 22.8. The minimum atomic E-state index is -0.140. The maximum Gasteiger partial charge on any atom is 0.244 e. The summed E-state index contributed by atoms with van der Waals surface area (Å²) in [6, 6.07) is 26.4. The van der Waals surface area contributed by atoms with Gasteiger partial charge in [0.1, 0.15) is 0 Å². The predicted octanol–water partition coefficient (Wildman–Crippen LogP) is 5.49. The fourth-order valence-corrected chi connectivity index (χ4v) is 4.35. The van der Waals surface area contributed by atoms with Gasteiger partial charge < -0.3 is 4.57 Å². The van der Waals surface area contributed by atoms with Gasteiger partial charge in [0.05, 0.1) is 18.2 Å². The third-order valence-corrected chi connectivity index (χ3v) is 5.94. The highest BCUT2D eigenvalue weighted by atomic mass is 16.2. The van der Waals surface area contributed by atoms with Crippen LogP contribution in [0.2, 0.25) is 0 Å². The summed E-state index contributed by atoms with van der Waals surface area (Å²) in [7, 11) is 0. The van der Waals surface area contributed by atoms with Crippen molar-refractivity contribution in [1.29, 1.82) is 0 Å². The fourth-order valence-electron chi connectivity index (χ4n) is 4.35. The second kappa shape index (κ2) is 8.71. The molecule has 162 valence electrons. The number of aryl methyl sites for hydroxylation is 1. The first-order valence-electron chi connectivity index (χ1n) is 10.9. The van der Waals surface area contributed by atoms with Crippen LogP contribution in [0, 0.1) is 13.8 Å². The van der Waals surface area contributed by atoms with Crippen LogP contribution in [0.15, 0.2) is 90.2 Å². The largest absolute Gasteiger partial charge is 0.318 e. The molecule has 0 atom stereocenters. The van der Waals surface area contributed by atoms with Crippen molar-refractivity contribution in [3.8, 4) is 5.69 Å². The van der Waals surface area contributed by atoms with Crippen molar-refractivity contribution in [3.05, 3.63) is 108 Å². The molecular formula is C28H24N4O. The Bertz CT molecular complexity index is 1510. The molecule has 0 aliphatic carbocycles. The number of rotatable bonds is 5. The third kappa shape index (κ3) is 4.13. The molecule has 5 rings (SSSR count). The number of hydrogen-bond acceptors (Lipinski definition) is 3. The summed E-state index contributed by atoms with van der Waals surface area (Å²) in [6.07, 6.45) is 3.79. The number of pyridine rings is 1. The van der Waals surface area contributed by atoms with Crippen molar-refractivity contribution in [3.63, 3.8) is 0 Å². The lowest BCUT2D eigenvalue weighted by Gasteiger charge is -2.10. The third-order valence-electron chi connectivity index (χ3n) is 5.94. The topological polar surface area (TPSA) is 59.3 Å². The fraction of sp³-hybridized carbons (Fsp3) is 0.107. The number of carbonyl (C=O) groups excluding carboxylic acids is 1. The molecule has 5 aromatic rings. The molecule has 2 heterocycles. The van der Waals surface area contributed by atoms with Crippen LogP contribution in [0.25, 0.3) is 27.4 Å². The molecule has 0 fully saturated rings. The van der Waals surface area contributed by atoms with Gasteiger partial charge in [-0.1, -0.05) is 48.5 Å². The van der Waals surface area contributed by atoms with Crippen LogP contribution in [-0.4, -0.2) is 21.7 Å². The van der Waals surface area contributed by atoms with E-state index in [1.165, 1.54) is 0 Å². The van der Waals surface area contributed by atoms with Gasteiger partial charge in [0, 0.05) is 34.2 Å². The van der Waals surface area contributed by atoms with Gasteiger partial charge in [0.2, 0.25) is 5.91 Å². The van der Waals surface area contributed by atoms with Gasteiger partial charge in [-0.3, -0.25) is 9.78 Å². The minimum Gasteiger partial charge on any atom is -0.318 e. The van der Waals surface area contributed by atoms with Gasteiger partial charge in [0.25, 0.3) is 0 Å². The first-order chi connectivity index (χ1) is 16.1. The molecule has 5 nitrogen and oxygen atoms in total. The molecular weight excluding hydrogens is 408 g/mol. The second-order valence-electron chi connectivity index (χ2n) is 8.15. The van der Waals surface area contributed by atoms with Gasteiger partial charge in [-0.15, -0.1) is 0 Å². The normalized spacial score (nSPS) is 11.5. The van der Waals surface area contributed by atoms with Crippen LogP contribution in [0.1, 0.15) is 22.5 Å². The number of aromatic nitrogens is 2. The average molecular weight is 433 g/mol. The summed E-state index contributed by atoms with van der Waals surface area (Å²) in [6.45, 7) is 4.12. The molecule has 1 amide bonds. The second-order valence-corrected chi connectivity index (χ2v) is 8.15. The molecule has 0 saturated heterocycles. The van der Waals surface area contributed by atoms with E-state index in [-0.39, 0.29) is 12.3 Å². The molecule has 0 unspecified atom stereocenters. The van der Waals surface area contributed by atoms with Gasteiger partial charge >= 0.3 is 0 Å². The lowest BCUT2D eigenvalue weighted by molar-refractivity contribution is -0.120. The quantitative estimate of drug-likeness (QED) is 0.295. The Kier molecular flexibility index (Phi) is 5.45. The summed E-state index contributed by atoms with van der Waals surface area (Å²) in [5, 5.41) is 7.54. The number of hydrazone groups is 1. The van der Waals surface area contributed by atoms with E-state index in [2.05, 4.69) is 70.3 Å². The molecule has 0 bridgehead atoms. The van der Waals surface area contributed by atoms with Crippen LogP contribution in [-0.2, 0) is 11.2 Å². The van der Waals surface area contributed by atoms with Crippen molar-refractivity contribution in [2.45, 2.75) is 20.3 Å². The molecule has 2 aromatic heterocycles. The van der Waals surface area contributed by atoms with Gasteiger partial charge in [-0.05, 0) is 60.5 Å². The van der Waals surface area contributed by atoms with Crippen molar-refractivity contribution in [2.24, 2.45) is 5.10 Å². The van der Waals surface area contributed by atoms with E-state index in [0.29, 0.717) is 0 Å². The summed E-state index contributed by atoms with van der Waals surface area (Å²) in [4.78, 5) is 16.9. The zero-order valence-corrected chi connectivity index (χ0v) is 18.6. The predicted molar refractivity (Wildman–Crippen MR) is 134 cm³/mol. The maximum atomic E-state index is 12.5. The number of hydrogen-bond donors (Lipinski definition) is 1. The Labute approximate surface area is 192 Å². The van der Waals surface area contributed by atoms with E-state index in [1.807, 2.05) is 42.5 Å². The number of nitrogens with one attached hydrogen (secondary N) is 1. The lowest BCUT2D eigenvalue weighted by Crippen LogP contribution is -2.19. The van der Waals surface area contributed by atoms with Crippen molar-refractivity contribution >= 4 is 33.8 Å². The summed E-state index contributed by atoms with van der Waals surface area (Å²) >= 11 is 0. The van der Waals surface area contributed by atoms with Crippen molar-refractivity contribution in [1.82, 2.24) is 15.0 Å². The summed E-state index contributed by atoms with van der Waals surface area (Å²) in [5.41, 5.74) is 8.83. The molecule has 0 saturated carbocycles. The van der Waals surface area contributed by atoms with Crippen LogP contribution in [0.5, 0.6) is 0 Å². The highest BCUT2D eigenvalue weighted by molar-refractivity contribution is 5.91. The van der Waals surface area contributed by atoms with E-state index < -0.39 is 0 Å². The smallest absolute Gasteiger partial charge is 0.244 e. The first kappa shape index (κ1) is 20.6. The number of fused-ring (bicyclic) bond motifs is 2. The Morgan fingerprint density at radius 2 is 1.79 bits per heavy atom. The van der Waals surface area contributed by atoms with Crippen molar-refractivity contribution in [2.75, 3.05) is 0 Å². The molecule has 5 heteroatoms. The van der Waals surface area contributed by atoms with Gasteiger partial charge in [0.15, 0.2) is 0 Å². The van der Waals surface area contributed by atoms with Crippen LogP contribution >= 0.6 is 0 Å². The molecule has 0 aliphatic heterocycles. The highest BCUT2D eigenvalue weighted by Gasteiger charge is 2.11. The maximum absolute atomic E-state index is 12.5. The molecule has 3 aromatic carbocycles. The molecule has 33 heavy (non-hydrogen) atoms. The Morgan fingerprint density at radius 1 is 0.970 bits per heavy atom. The van der Waals surface area contributed by atoms with E-state index in [4.69, 9.17) is 0 Å². The van der Waals surface area contributed by atoms with Crippen LogP contribution in [0.3, 0.4) is 0 Å².